The molecule has 1 fully saturated rings. The molecule has 0 aliphatic carbocycles. The highest BCUT2D eigenvalue weighted by Crippen LogP contribution is 2.22. The molecule has 2 aromatic heterocycles. The molecule has 1 aliphatic rings. The van der Waals surface area contributed by atoms with Gasteiger partial charge in [0.15, 0.2) is 0 Å². The van der Waals surface area contributed by atoms with E-state index in [1.54, 1.807) is 27.6 Å². The van der Waals surface area contributed by atoms with Crippen molar-refractivity contribution in [3.05, 3.63) is 111 Å². The van der Waals surface area contributed by atoms with E-state index in [2.05, 4.69) is 22.4 Å². The highest BCUT2D eigenvalue weighted by molar-refractivity contribution is 5.94. The van der Waals surface area contributed by atoms with Crippen LogP contribution in [0.2, 0.25) is 0 Å². The minimum Gasteiger partial charge on any atom is -0.335 e. The van der Waals surface area contributed by atoms with Crippen LogP contribution in [0.4, 0.5) is 0 Å². The van der Waals surface area contributed by atoms with E-state index in [0.717, 1.165) is 47.3 Å². The molecule has 1 saturated heterocycles. The Hall–Kier alpha value is -4.00. The number of pyridine rings is 1. The first-order valence-corrected chi connectivity index (χ1v) is 12.5. The van der Waals surface area contributed by atoms with Gasteiger partial charge in [0.25, 0.3) is 11.5 Å². The summed E-state index contributed by atoms with van der Waals surface area (Å²) in [5.41, 5.74) is 5.11. The van der Waals surface area contributed by atoms with E-state index in [1.165, 1.54) is 0 Å². The van der Waals surface area contributed by atoms with Gasteiger partial charge in [0.05, 0.1) is 24.1 Å². The van der Waals surface area contributed by atoms with Gasteiger partial charge in [-0.3, -0.25) is 9.59 Å². The molecule has 36 heavy (non-hydrogen) atoms. The Bertz CT molecular complexity index is 1440. The van der Waals surface area contributed by atoms with Crippen molar-refractivity contribution in [2.24, 2.45) is 0 Å². The monoisotopic (exact) mass is 481 g/mol. The third kappa shape index (κ3) is 5.15. The fourth-order valence-corrected chi connectivity index (χ4v) is 5.00. The largest absolute Gasteiger partial charge is 0.335 e. The van der Waals surface area contributed by atoms with Crippen molar-refractivity contribution in [1.82, 2.24) is 24.5 Å². The molecule has 7 heteroatoms. The molecule has 1 aliphatic heterocycles. The highest BCUT2D eigenvalue weighted by Gasteiger charge is 2.30. The minimum absolute atomic E-state index is 0.0151. The van der Waals surface area contributed by atoms with Gasteiger partial charge < -0.3 is 9.47 Å². The maximum absolute atomic E-state index is 13.6. The maximum Gasteiger partial charge on any atom is 0.263 e. The Kier molecular flexibility index (Phi) is 6.80. The molecule has 0 radical (unpaired) electrons. The lowest BCUT2D eigenvalue weighted by molar-refractivity contribution is 0.0610. The molecule has 3 heterocycles. The summed E-state index contributed by atoms with van der Waals surface area (Å²) in [6, 6.07) is 19.6. The average molecular weight is 482 g/mol. The molecule has 7 nitrogen and oxygen atoms in total. The van der Waals surface area contributed by atoms with E-state index < -0.39 is 0 Å². The van der Waals surface area contributed by atoms with Gasteiger partial charge >= 0.3 is 0 Å². The Morgan fingerprint density at radius 2 is 1.81 bits per heavy atom. The van der Waals surface area contributed by atoms with Gasteiger partial charge in [-0.15, -0.1) is 5.10 Å². The zero-order valence-corrected chi connectivity index (χ0v) is 20.8. The van der Waals surface area contributed by atoms with Crippen molar-refractivity contribution in [2.45, 2.75) is 52.1 Å². The van der Waals surface area contributed by atoms with Gasteiger partial charge in [-0.05, 0) is 68.5 Å². The number of nitrogens with zero attached hydrogens (tertiary/aromatic N) is 5. The van der Waals surface area contributed by atoms with Crippen LogP contribution in [0.5, 0.6) is 0 Å². The number of aryl methyl sites for hydroxylation is 2. The molecule has 1 atom stereocenters. The van der Waals surface area contributed by atoms with Crippen LogP contribution >= 0.6 is 0 Å². The SMILES string of the molecule is Cc1cccc(Cn2cccc(C(=O)N3CCCCC3Cc3cn(-c4cccc(C)c4)nn3)c2=O)c1. The predicted molar refractivity (Wildman–Crippen MR) is 139 cm³/mol. The highest BCUT2D eigenvalue weighted by atomic mass is 16.2. The summed E-state index contributed by atoms with van der Waals surface area (Å²) < 4.78 is 3.40. The summed E-state index contributed by atoms with van der Waals surface area (Å²) in [6.07, 6.45) is 7.16. The Balaban J connectivity index is 1.35. The number of amides is 1. The smallest absolute Gasteiger partial charge is 0.263 e. The Morgan fingerprint density at radius 1 is 1.00 bits per heavy atom. The number of piperidine rings is 1. The number of rotatable bonds is 6. The molecule has 5 rings (SSSR count). The second-order valence-electron chi connectivity index (χ2n) is 9.69. The summed E-state index contributed by atoms with van der Waals surface area (Å²) in [5.74, 6) is -0.200. The molecule has 1 unspecified atom stereocenters. The number of carbonyl (C=O) groups is 1. The Labute approximate surface area is 211 Å². The van der Waals surface area contributed by atoms with E-state index in [-0.39, 0.29) is 23.1 Å². The lowest BCUT2D eigenvalue weighted by Crippen LogP contribution is -2.46. The van der Waals surface area contributed by atoms with Crippen LogP contribution in [-0.4, -0.2) is 43.0 Å². The number of benzene rings is 2. The second-order valence-corrected chi connectivity index (χ2v) is 9.69. The molecular weight excluding hydrogens is 450 g/mol. The van der Waals surface area contributed by atoms with Crippen molar-refractivity contribution < 1.29 is 4.79 Å². The molecule has 0 spiro atoms. The predicted octanol–water partition coefficient (Wildman–Crippen LogP) is 4.33. The van der Waals surface area contributed by atoms with Gasteiger partial charge in [0, 0.05) is 25.2 Å². The van der Waals surface area contributed by atoms with Gasteiger partial charge in [-0.1, -0.05) is 47.2 Å². The van der Waals surface area contributed by atoms with E-state index in [4.69, 9.17) is 0 Å². The van der Waals surface area contributed by atoms with Gasteiger partial charge in [-0.2, -0.15) is 0 Å². The number of hydrogen-bond donors (Lipinski definition) is 0. The average Bonchev–Trinajstić information content (AvgIpc) is 3.34. The quantitative estimate of drug-likeness (QED) is 0.411. The van der Waals surface area contributed by atoms with Gasteiger partial charge in [0.1, 0.15) is 5.56 Å². The molecular formula is C29H31N5O2. The second kappa shape index (κ2) is 10.3. The summed E-state index contributed by atoms with van der Waals surface area (Å²) in [7, 11) is 0. The minimum atomic E-state index is -0.251. The van der Waals surface area contributed by atoms with E-state index in [9.17, 15) is 9.59 Å². The van der Waals surface area contributed by atoms with Crippen LogP contribution in [-0.2, 0) is 13.0 Å². The normalized spacial score (nSPS) is 15.7. The molecule has 4 aromatic rings. The summed E-state index contributed by atoms with van der Waals surface area (Å²) in [4.78, 5) is 28.8. The van der Waals surface area contributed by atoms with Crippen molar-refractivity contribution in [3.8, 4) is 5.69 Å². The summed E-state index contributed by atoms with van der Waals surface area (Å²) in [6.45, 7) is 5.16. The lowest BCUT2D eigenvalue weighted by Gasteiger charge is -2.35. The maximum atomic E-state index is 13.6. The van der Waals surface area contributed by atoms with E-state index >= 15 is 0 Å². The van der Waals surface area contributed by atoms with Gasteiger partial charge in [-0.25, -0.2) is 4.68 Å². The number of aromatic nitrogens is 4. The van der Waals surface area contributed by atoms with Crippen LogP contribution < -0.4 is 5.56 Å². The summed E-state index contributed by atoms with van der Waals surface area (Å²) >= 11 is 0. The van der Waals surface area contributed by atoms with Crippen LogP contribution in [0, 0.1) is 13.8 Å². The number of carbonyl (C=O) groups excluding carboxylic acids is 1. The topological polar surface area (TPSA) is 73.0 Å². The molecule has 0 bridgehead atoms. The van der Waals surface area contributed by atoms with Crippen LogP contribution in [0.25, 0.3) is 5.69 Å². The molecule has 1 amide bonds. The van der Waals surface area contributed by atoms with Crippen molar-refractivity contribution >= 4 is 5.91 Å². The van der Waals surface area contributed by atoms with Crippen molar-refractivity contribution in [3.63, 3.8) is 0 Å². The number of likely N-dealkylation sites (tertiary alicyclic amines) is 1. The van der Waals surface area contributed by atoms with Crippen LogP contribution in [0.1, 0.15) is 52.0 Å². The van der Waals surface area contributed by atoms with Gasteiger partial charge in [0.2, 0.25) is 0 Å². The first-order chi connectivity index (χ1) is 17.5. The van der Waals surface area contributed by atoms with Crippen LogP contribution in [0.3, 0.4) is 0 Å². The standard InChI is InChI=1S/C29H31N5O2/c1-21-8-5-10-23(16-21)19-32-14-7-13-27(28(32)35)29(36)33-15-4-3-11-25(33)18-24-20-34(31-30-24)26-12-6-9-22(2)17-26/h5-10,12-14,16-17,20,25H,3-4,11,15,18-19H2,1-2H3. The van der Waals surface area contributed by atoms with Crippen molar-refractivity contribution in [1.29, 1.82) is 0 Å². The van der Waals surface area contributed by atoms with Crippen LogP contribution in [0.15, 0.2) is 77.9 Å². The molecule has 2 aromatic carbocycles. The fourth-order valence-electron chi connectivity index (χ4n) is 5.00. The molecule has 184 valence electrons. The number of hydrogen-bond acceptors (Lipinski definition) is 4. The zero-order chi connectivity index (χ0) is 25.1. The van der Waals surface area contributed by atoms with E-state index in [1.807, 2.05) is 61.3 Å². The third-order valence-corrected chi connectivity index (χ3v) is 6.83. The summed E-state index contributed by atoms with van der Waals surface area (Å²) in [5, 5.41) is 8.68. The third-order valence-electron chi connectivity index (χ3n) is 6.83. The van der Waals surface area contributed by atoms with E-state index in [0.29, 0.717) is 19.5 Å². The first-order valence-electron chi connectivity index (χ1n) is 12.5. The first kappa shape index (κ1) is 23.7. The fraction of sp³-hybridized carbons (Fsp3) is 0.310. The Morgan fingerprint density at radius 3 is 2.61 bits per heavy atom. The zero-order valence-electron chi connectivity index (χ0n) is 20.8. The lowest BCUT2D eigenvalue weighted by atomic mass is 9.97. The molecule has 0 N–H and O–H groups in total. The molecule has 0 saturated carbocycles. The van der Waals surface area contributed by atoms with Crippen molar-refractivity contribution in [2.75, 3.05) is 6.54 Å².